The summed E-state index contributed by atoms with van der Waals surface area (Å²) in [4.78, 5) is 29.5. The molecule has 2 aromatic rings. The smallest absolute Gasteiger partial charge is 0.270 e. The summed E-state index contributed by atoms with van der Waals surface area (Å²) in [7, 11) is 5.16. The summed E-state index contributed by atoms with van der Waals surface area (Å²) < 4.78 is 7.18. The predicted molar refractivity (Wildman–Crippen MR) is 105 cm³/mol. The first-order valence-electron chi connectivity index (χ1n) is 9.27. The summed E-state index contributed by atoms with van der Waals surface area (Å²) in [5, 5.41) is 3.69. The Hall–Kier alpha value is -2.54. The molecule has 1 aliphatic rings. The molecule has 7 nitrogen and oxygen atoms in total. The number of aryl methyl sites for hydroxylation is 1. The minimum absolute atomic E-state index is 0.0509. The highest BCUT2D eigenvalue weighted by Crippen LogP contribution is 2.25. The second-order valence-corrected chi connectivity index (χ2v) is 7.23. The zero-order valence-electron chi connectivity index (χ0n) is 16.7. The van der Waals surface area contributed by atoms with E-state index in [1.165, 1.54) is 0 Å². The molecule has 0 radical (unpaired) electrons. The average molecular weight is 372 g/mol. The standard InChI is InChI=1S/C20H28N4O3/c1-13(2)24-9-8-23(12-18(24)19(25)21-3)20(26)17-11-14-10-15(27-5)6-7-16(14)22(17)4/h6-7,10-11,13,18H,8-9,12H2,1-5H3,(H,21,25). The molecule has 7 heteroatoms. The number of fused-ring (bicyclic) bond motifs is 1. The maximum absolute atomic E-state index is 13.2. The maximum Gasteiger partial charge on any atom is 0.270 e. The van der Waals surface area contributed by atoms with Crippen molar-refractivity contribution in [3.05, 3.63) is 30.0 Å². The van der Waals surface area contributed by atoms with Gasteiger partial charge >= 0.3 is 0 Å². The van der Waals surface area contributed by atoms with Gasteiger partial charge in [0.15, 0.2) is 0 Å². The Labute approximate surface area is 159 Å². The Kier molecular flexibility index (Phi) is 5.41. The number of carbonyl (C=O) groups excluding carboxylic acids is 2. The lowest BCUT2D eigenvalue weighted by Gasteiger charge is -2.42. The number of benzene rings is 1. The molecule has 2 amide bonds. The number of ether oxygens (including phenoxy) is 1. The number of piperazine rings is 1. The molecule has 0 bridgehead atoms. The van der Waals surface area contributed by atoms with E-state index < -0.39 is 0 Å². The van der Waals surface area contributed by atoms with Crippen LogP contribution in [0.25, 0.3) is 10.9 Å². The Bertz CT molecular complexity index is 858. The summed E-state index contributed by atoms with van der Waals surface area (Å²) in [5.74, 6) is 0.658. The molecule has 3 rings (SSSR count). The molecule has 0 spiro atoms. The van der Waals surface area contributed by atoms with E-state index in [1.807, 2.05) is 35.9 Å². The van der Waals surface area contributed by atoms with Crippen LogP contribution in [0.2, 0.25) is 0 Å². The molecule has 1 N–H and O–H groups in total. The van der Waals surface area contributed by atoms with Crippen molar-refractivity contribution in [3.8, 4) is 5.75 Å². The van der Waals surface area contributed by atoms with Crippen LogP contribution < -0.4 is 10.1 Å². The lowest BCUT2D eigenvalue weighted by atomic mass is 10.1. The van der Waals surface area contributed by atoms with Gasteiger partial charge in [0.05, 0.1) is 7.11 Å². The summed E-state index contributed by atoms with van der Waals surface area (Å²) in [6, 6.07) is 7.58. The number of likely N-dealkylation sites (N-methyl/N-ethyl adjacent to an activating group) is 1. The maximum atomic E-state index is 13.2. The van der Waals surface area contributed by atoms with Gasteiger partial charge in [0.2, 0.25) is 5.91 Å². The van der Waals surface area contributed by atoms with Crippen molar-refractivity contribution in [2.24, 2.45) is 7.05 Å². The van der Waals surface area contributed by atoms with E-state index in [-0.39, 0.29) is 23.9 Å². The summed E-state index contributed by atoms with van der Waals surface area (Å²) in [6.07, 6.45) is 0. The monoisotopic (exact) mass is 372 g/mol. The molecule has 0 saturated carbocycles. The largest absolute Gasteiger partial charge is 0.497 e. The van der Waals surface area contributed by atoms with Gasteiger partial charge in [-0.3, -0.25) is 14.5 Å². The minimum Gasteiger partial charge on any atom is -0.497 e. The van der Waals surface area contributed by atoms with Crippen molar-refractivity contribution >= 4 is 22.7 Å². The number of amides is 2. The second-order valence-electron chi connectivity index (χ2n) is 7.23. The molecule has 1 fully saturated rings. The van der Waals surface area contributed by atoms with Crippen LogP contribution in [0, 0.1) is 0 Å². The molecule has 1 aromatic carbocycles. The number of methoxy groups -OCH3 is 1. The molecule has 2 heterocycles. The lowest BCUT2D eigenvalue weighted by molar-refractivity contribution is -0.128. The number of hydrogen-bond donors (Lipinski definition) is 1. The highest BCUT2D eigenvalue weighted by molar-refractivity contribution is 5.99. The van der Waals surface area contributed by atoms with Crippen molar-refractivity contribution in [2.75, 3.05) is 33.8 Å². The topological polar surface area (TPSA) is 66.8 Å². The molecule has 1 saturated heterocycles. The second kappa shape index (κ2) is 7.60. The first kappa shape index (κ1) is 19.2. The van der Waals surface area contributed by atoms with Gasteiger partial charge in [-0.2, -0.15) is 0 Å². The first-order valence-corrected chi connectivity index (χ1v) is 9.27. The zero-order chi connectivity index (χ0) is 19.7. The number of carbonyl (C=O) groups is 2. The third-order valence-corrected chi connectivity index (χ3v) is 5.39. The third kappa shape index (κ3) is 3.51. The van der Waals surface area contributed by atoms with Crippen molar-refractivity contribution in [1.29, 1.82) is 0 Å². The number of nitrogens with one attached hydrogen (secondary N) is 1. The van der Waals surface area contributed by atoms with E-state index in [2.05, 4.69) is 24.1 Å². The first-order chi connectivity index (χ1) is 12.9. The summed E-state index contributed by atoms with van der Waals surface area (Å²) in [5.41, 5.74) is 1.59. The van der Waals surface area contributed by atoms with Gasteiger partial charge in [-0.15, -0.1) is 0 Å². The van der Waals surface area contributed by atoms with Gasteiger partial charge in [-0.05, 0) is 38.1 Å². The fourth-order valence-corrected chi connectivity index (χ4v) is 3.82. The van der Waals surface area contributed by atoms with E-state index >= 15 is 0 Å². The highest BCUT2D eigenvalue weighted by Gasteiger charge is 2.35. The molecule has 1 atom stereocenters. The van der Waals surface area contributed by atoms with Crippen LogP contribution in [0.15, 0.2) is 24.3 Å². The van der Waals surface area contributed by atoms with Crippen molar-refractivity contribution in [2.45, 2.75) is 25.9 Å². The van der Waals surface area contributed by atoms with Crippen LogP contribution in [0.1, 0.15) is 24.3 Å². The van der Waals surface area contributed by atoms with Crippen LogP contribution in [-0.4, -0.2) is 72.1 Å². The Morgan fingerprint density at radius 2 is 1.96 bits per heavy atom. The number of aromatic nitrogens is 1. The zero-order valence-corrected chi connectivity index (χ0v) is 16.7. The SMILES string of the molecule is CNC(=O)C1CN(C(=O)c2cc3cc(OC)ccc3n2C)CCN1C(C)C. The van der Waals surface area contributed by atoms with Crippen LogP contribution >= 0.6 is 0 Å². The molecule has 0 aliphatic carbocycles. The molecule has 1 aromatic heterocycles. The van der Waals surface area contributed by atoms with Gasteiger partial charge < -0.3 is 19.5 Å². The van der Waals surface area contributed by atoms with Gasteiger partial charge in [-0.25, -0.2) is 0 Å². The normalized spacial score (nSPS) is 18.1. The van der Waals surface area contributed by atoms with Crippen molar-refractivity contribution in [1.82, 2.24) is 19.7 Å². The highest BCUT2D eigenvalue weighted by atomic mass is 16.5. The minimum atomic E-state index is -0.331. The molecular formula is C20H28N4O3. The van der Waals surface area contributed by atoms with Crippen LogP contribution in [0.4, 0.5) is 0 Å². The van der Waals surface area contributed by atoms with E-state index in [0.717, 1.165) is 16.7 Å². The van der Waals surface area contributed by atoms with Crippen LogP contribution in [-0.2, 0) is 11.8 Å². The van der Waals surface area contributed by atoms with Crippen LogP contribution in [0.3, 0.4) is 0 Å². The fourth-order valence-electron chi connectivity index (χ4n) is 3.82. The van der Waals surface area contributed by atoms with Crippen molar-refractivity contribution in [3.63, 3.8) is 0 Å². The Balaban J connectivity index is 1.88. The van der Waals surface area contributed by atoms with Gasteiger partial charge in [0.25, 0.3) is 5.91 Å². The molecule has 146 valence electrons. The summed E-state index contributed by atoms with van der Waals surface area (Å²) >= 11 is 0. The van der Waals surface area contributed by atoms with E-state index in [1.54, 1.807) is 19.1 Å². The number of rotatable bonds is 4. The average Bonchev–Trinajstić information content (AvgIpc) is 3.01. The molecular weight excluding hydrogens is 344 g/mol. The Morgan fingerprint density at radius 3 is 2.59 bits per heavy atom. The van der Waals surface area contributed by atoms with E-state index in [4.69, 9.17) is 4.74 Å². The molecule has 27 heavy (non-hydrogen) atoms. The van der Waals surface area contributed by atoms with Crippen LogP contribution in [0.5, 0.6) is 5.75 Å². The quantitative estimate of drug-likeness (QED) is 0.883. The number of hydrogen-bond acceptors (Lipinski definition) is 4. The van der Waals surface area contributed by atoms with E-state index in [0.29, 0.717) is 25.3 Å². The predicted octanol–water partition coefficient (Wildman–Crippen LogP) is 1.47. The van der Waals surface area contributed by atoms with Gasteiger partial charge in [0, 0.05) is 50.7 Å². The molecule has 1 aliphatic heterocycles. The third-order valence-electron chi connectivity index (χ3n) is 5.39. The fraction of sp³-hybridized carbons (Fsp3) is 0.500. The van der Waals surface area contributed by atoms with Crippen molar-refractivity contribution < 1.29 is 14.3 Å². The Morgan fingerprint density at radius 1 is 1.22 bits per heavy atom. The lowest BCUT2D eigenvalue weighted by Crippen LogP contribution is -2.61. The molecule has 1 unspecified atom stereocenters. The van der Waals surface area contributed by atoms with E-state index in [9.17, 15) is 9.59 Å². The van der Waals surface area contributed by atoms with Gasteiger partial charge in [-0.1, -0.05) is 0 Å². The summed E-state index contributed by atoms with van der Waals surface area (Å²) in [6.45, 7) is 5.82. The number of nitrogens with zero attached hydrogens (tertiary/aromatic N) is 3. The van der Waals surface area contributed by atoms with Gasteiger partial charge in [0.1, 0.15) is 17.5 Å².